The average Bonchev–Trinajstić information content (AvgIpc) is 2.01. The molecule has 0 aromatic heterocycles. The molecule has 13 heavy (non-hydrogen) atoms. The summed E-state index contributed by atoms with van der Waals surface area (Å²) in [5.41, 5.74) is -0.508. The van der Waals surface area contributed by atoms with Crippen molar-refractivity contribution in [2.24, 2.45) is 17.3 Å². The molecular weight excluding hydrogens is 172 g/mol. The lowest BCUT2D eigenvalue weighted by atomic mass is 9.53. The first-order chi connectivity index (χ1) is 5.91. The fraction of sp³-hybridized carbons (Fsp3) is 0.778. The molecule has 2 atom stereocenters. The molecule has 4 nitrogen and oxygen atoms in total. The molecule has 1 aliphatic rings. The summed E-state index contributed by atoms with van der Waals surface area (Å²) in [4.78, 5) is 21.8. The maximum atomic E-state index is 11.1. The van der Waals surface area contributed by atoms with Gasteiger partial charge in [-0.25, -0.2) is 0 Å². The highest BCUT2D eigenvalue weighted by atomic mass is 16.4. The largest absolute Gasteiger partial charge is 0.481 e. The smallest absolute Gasteiger partial charge is 0.307 e. The summed E-state index contributed by atoms with van der Waals surface area (Å²) >= 11 is 0. The number of ketones is 1. The van der Waals surface area contributed by atoms with E-state index in [4.69, 9.17) is 10.2 Å². The zero-order valence-corrected chi connectivity index (χ0v) is 7.78. The van der Waals surface area contributed by atoms with Crippen LogP contribution in [0.1, 0.15) is 20.3 Å². The van der Waals surface area contributed by atoms with Gasteiger partial charge in [-0.15, -0.1) is 0 Å². The highest BCUT2D eigenvalue weighted by molar-refractivity contribution is 5.86. The lowest BCUT2D eigenvalue weighted by Crippen LogP contribution is -2.52. The van der Waals surface area contributed by atoms with E-state index in [0.29, 0.717) is 6.42 Å². The minimum absolute atomic E-state index is 0.248. The number of hydrogen-bond acceptors (Lipinski definition) is 3. The van der Waals surface area contributed by atoms with E-state index in [1.54, 1.807) is 13.8 Å². The third kappa shape index (κ3) is 1.46. The molecule has 0 bridgehead atoms. The van der Waals surface area contributed by atoms with E-state index in [1.165, 1.54) is 0 Å². The Hall–Kier alpha value is -0.900. The van der Waals surface area contributed by atoms with Crippen molar-refractivity contribution in [3.05, 3.63) is 0 Å². The second-order valence-electron chi connectivity index (χ2n) is 4.12. The summed E-state index contributed by atoms with van der Waals surface area (Å²) in [7, 11) is 0. The number of carboxylic acid groups (broad SMARTS) is 1. The zero-order valence-electron chi connectivity index (χ0n) is 7.78. The number of rotatable bonds is 3. The van der Waals surface area contributed by atoms with Crippen LogP contribution in [0.25, 0.3) is 0 Å². The van der Waals surface area contributed by atoms with Crippen molar-refractivity contribution in [2.75, 3.05) is 6.61 Å². The van der Waals surface area contributed by atoms with Gasteiger partial charge < -0.3 is 10.2 Å². The van der Waals surface area contributed by atoms with E-state index < -0.39 is 23.9 Å². The predicted octanol–water partition coefficient (Wildman–Crippen LogP) is 0.295. The van der Waals surface area contributed by atoms with Gasteiger partial charge in [-0.3, -0.25) is 9.59 Å². The van der Waals surface area contributed by atoms with Gasteiger partial charge in [0.05, 0.1) is 5.92 Å². The number of carbonyl (C=O) groups is 2. The van der Waals surface area contributed by atoms with Gasteiger partial charge >= 0.3 is 5.97 Å². The number of carbonyl (C=O) groups excluding carboxylic acids is 1. The number of Topliss-reactive ketones (excluding diaryl/α,β-unsaturated/α-hetero) is 1. The van der Waals surface area contributed by atoms with E-state index in [0.717, 1.165) is 0 Å². The monoisotopic (exact) mass is 186 g/mol. The van der Waals surface area contributed by atoms with Crippen LogP contribution in [0.3, 0.4) is 0 Å². The molecule has 74 valence electrons. The number of aliphatic hydroxyl groups excluding tert-OH is 1. The first-order valence-electron chi connectivity index (χ1n) is 4.27. The molecule has 0 aromatic rings. The minimum atomic E-state index is -0.855. The quantitative estimate of drug-likeness (QED) is 0.664. The molecule has 0 spiro atoms. The van der Waals surface area contributed by atoms with E-state index in [-0.39, 0.29) is 11.7 Å². The summed E-state index contributed by atoms with van der Waals surface area (Å²) < 4.78 is 0. The van der Waals surface area contributed by atoms with Crippen LogP contribution in [0, 0.1) is 17.3 Å². The predicted molar refractivity (Wildman–Crippen MR) is 45.1 cm³/mol. The van der Waals surface area contributed by atoms with Gasteiger partial charge in [-0.05, 0) is 11.8 Å². The Kier molecular flexibility index (Phi) is 2.43. The molecule has 0 aromatic carbocycles. The molecule has 1 saturated carbocycles. The van der Waals surface area contributed by atoms with Gasteiger partial charge in [-0.2, -0.15) is 0 Å². The lowest BCUT2D eigenvalue weighted by molar-refractivity contribution is -0.163. The number of carboxylic acids is 1. The van der Waals surface area contributed by atoms with Crippen LogP contribution >= 0.6 is 0 Å². The molecule has 1 rings (SSSR count). The van der Waals surface area contributed by atoms with Crippen LogP contribution in [0.5, 0.6) is 0 Å². The molecule has 0 aliphatic heterocycles. The van der Waals surface area contributed by atoms with E-state index in [1.807, 2.05) is 0 Å². The number of aliphatic carboxylic acids is 1. The van der Waals surface area contributed by atoms with Crippen molar-refractivity contribution in [3.8, 4) is 0 Å². The van der Waals surface area contributed by atoms with Gasteiger partial charge in [0.1, 0.15) is 6.61 Å². The summed E-state index contributed by atoms with van der Waals surface area (Å²) in [6, 6.07) is 0. The van der Waals surface area contributed by atoms with Gasteiger partial charge in [-0.1, -0.05) is 13.8 Å². The summed E-state index contributed by atoms with van der Waals surface area (Å²) in [6.45, 7) is 3.03. The molecule has 4 heteroatoms. The van der Waals surface area contributed by atoms with Crippen molar-refractivity contribution in [1.82, 2.24) is 0 Å². The third-order valence-corrected chi connectivity index (χ3v) is 3.11. The first-order valence-corrected chi connectivity index (χ1v) is 4.27. The van der Waals surface area contributed by atoms with Crippen molar-refractivity contribution in [3.63, 3.8) is 0 Å². The molecule has 0 unspecified atom stereocenters. The molecule has 0 amide bonds. The average molecular weight is 186 g/mol. The SMILES string of the molecule is CC1(C)[C@@H](C(=O)O)C[C@H]1C(=O)CO. The lowest BCUT2D eigenvalue weighted by Gasteiger charge is -2.48. The topological polar surface area (TPSA) is 74.6 Å². The van der Waals surface area contributed by atoms with E-state index in [9.17, 15) is 9.59 Å². The molecule has 1 fully saturated rings. The number of aliphatic hydroxyl groups is 1. The van der Waals surface area contributed by atoms with E-state index in [2.05, 4.69) is 0 Å². The van der Waals surface area contributed by atoms with Gasteiger partial charge in [0.2, 0.25) is 0 Å². The highest BCUT2D eigenvalue weighted by Crippen LogP contribution is 2.51. The molecule has 0 heterocycles. The Morgan fingerprint density at radius 3 is 2.23 bits per heavy atom. The first kappa shape index (κ1) is 10.2. The Bertz CT molecular complexity index is 244. The van der Waals surface area contributed by atoms with Crippen molar-refractivity contribution in [2.45, 2.75) is 20.3 Å². The Morgan fingerprint density at radius 2 is 1.92 bits per heavy atom. The van der Waals surface area contributed by atoms with Gasteiger partial charge in [0.15, 0.2) is 5.78 Å². The molecular formula is C9H14O4. The standard InChI is InChI=1S/C9H14O4/c1-9(2)5(7(11)4-10)3-6(9)8(12)13/h5-6,10H,3-4H2,1-2H3,(H,12,13)/t5-,6+/m0/s1. The maximum Gasteiger partial charge on any atom is 0.307 e. The Morgan fingerprint density at radius 1 is 1.38 bits per heavy atom. The third-order valence-electron chi connectivity index (χ3n) is 3.11. The van der Waals surface area contributed by atoms with Crippen LogP contribution in [0.15, 0.2) is 0 Å². The summed E-state index contributed by atoms with van der Waals surface area (Å²) in [6.07, 6.45) is 0.363. The zero-order chi connectivity index (χ0) is 10.2. The van der Waals surface area contributed by atoms with Crippen LogP contribution in [0.2, 0.25) is 0 Å². The second-order valence-corrected chi connectivity index (χ2v) is 4.12. The minimum Gasteiger partial charge on any atom is -0.481 e. The fourth-order valence-corrected chi connectivity index (χ4v) is 2.00. The van der Waals surface area contributed by atoms with Crippen molar-refractivity contribution < 1.29 is 19.8 Å². The van der Waals surface area contributed by atoms with E-state index >= 15 is 0 Å². The van der Waals surface area contributed by atoms with Crippen LogP contribution in [-0.2, 0) is 9.59 Å². The maximum absolute atomic E-state index is 11.1. The highest BCUT2D eigenvalue weighted by Gasteiger charge is 2.54. The van der Waals surface area contributed by atoms with Crippen molar-refractivity contribution in [1.29, 1.82) is 0 Å². The molecule has 0 saturated heterocycles. The van der Waals surface area contributed by atoms with Gasteiger partial charge in [0.25, 0.3) is 0 Å². The summed E-state index contributed by atoms with van der Waals surface area (Å²) in [5.74, 6) is -1.85. The second kappa shape index (κ2) is 3.10. The van der Waals surface area contributed by atoms with Crippen LogP contribution < -0.4 is 0 Å². The summed E-state index contributed by atoms with van der Waals surface area (Å²) in [5, 5.41) is 17.4. The molecule has 0 radical (unpaired) electrons. The van der Waals surface area contributed by atoms with Crippen molar-refractivity contribution >= 4 is 11.8 Å². The van der Waals surface area contributed by atoms with Gasteiger partial charge in [0, 0.05) is 5.92 Å². The Balaban J connectivity index is 2.69. The van der Waals surface area contributed by atoms with Crippen LogP contribution in [-0.4, -0.2) is 28.6 Å². The number of hydrogen-bond donors (Lipinski definition) is 2. The molecule has 2 N–H and O–H groups in total. The Labute approximate surface area is 76.6 Å². The molecule has 1 aliphatic carbocycles. The normalized spacial score (nSPS) is 30.7. The fourth-order valence-electron chi connectivity index (χ4n) is 2.00. The van der Waals surface area contributed by atoms with Crippen LogP contribution in [0.4, 0.5) is 0 Å².